The van der Waals surface area contributed by atoms with Crippen LogP contribution in [0.5, 0.6) is 5.75 Å². The maximum atomic E-state index is 5.93. The fourth-order valence-corrected chi connectivity index (χ4v) is 2.31. The standard InChI is InChI=1S/C14H21ClN2O/c1-12(5-8-17-9-6-16-7-10-17)18-14-4-2-3-13(15)11-14/h2-4,11-12,16H,5-10H2,1H3. The molecule has 1 fully saturated rings. The molecule has 1 aromatic carbocycles. The summed E-state index contributed by atoms with van der Waals surface area (Å²) >= 11 is 5.93. The SMILES string of the molecule is CC(CCN1CCNCC1)Oc1cccc(Cl)c1. The van der Waals surface area contributed by atoms with Crippen molar-refractivity contribution < 1.29 is 4.74 Å². The van der Waals surface area contributed by atoms with Gasteiger partial charge in [0.2, 0.25) is 0 Å². The number of piperazine rings is 1. The summed E-state index contributed by atoms with van der Waals surface area (Å²) < 4.78 is 5.86. The number of halogens is 1. The average molecular weight is 269 g/mol. The molecule has 1 saturated heterocycles. The Morgan fingerprint density at radius 1 is 1.39 bits per heavy atom. The van der Waals surface area contributed by atoms with Crippen LogP contribution in [0.2, 0.25) is 5.02 Å². The van der Waals surface area contributed by atoms with Gasteiger partial charge in [0, 0.05) is 37.7 Å². The fraction of sp³-hybridized carbons (Fsp3) is 0.571. The third-order valence-electron chi connectivity index (χ3n) is 3.19. The molecule has 18 heavy (non-hydrogen) atoms. The van der Waals surface area contributed by atoms with Gasteiger partial charge < -0.3 is 15.0 Å². The Morgan fingerprint density at radius 2 is 2.17 bits per heavy atom. The van der Waals surface area contributed by atoms with Crippen LogP contribution >= 0.6 is 11.6 Å². The van der Waals surface area contributed by atoms with Crippen LogP contribution in [0.3, 0.4) is 0 Å². The van der Waals surface area contributed by atoms with E-state index in [0.717, 1.165) is 49.9 Å². The van der Waals surface area contributed by atoms with Crippen LogP contribution in [0.15, 0.2) is 24.3 Å². The Balaban J connectivity index is 1.72. The molecule has 1 atom stereocenters. The lowest BCUT2D eigenvalue weighted by molar-refractivity contribution is 0.167. The van der Waals surface area contributed by atoms with Gasteiger partial charge in [-0.3, -0.25) is 0 Å². The van der Waals surface area contributed by atoms with E-state index in [0.29, 0.717) is 0 Å². The van der Waals surface area contributed by atoms with Crippen molar-refractivity contribution in [1.29, 1.82) is 0 Å². The number of ether oxygens (including phenoxy) is 1. The minimum atomic E-state index is 0.221. The first kappa shape index (κ1) is 13.7. The topological polar surface area (TPSA) is 24.5 Å². The molecule has 0 aliphatic carbocycles. The first-order valence-corrected chi connectivity index (χ1v) is 6.97. The van der Waals surface area contributed by atoms with Gasteiger partial charge in [0.15, 0.2) is 0 Å². The highest BCUT2D eigenvalue weighted by atomic mass is 35.5. The molecule has 0 bridgehead atoms. The molecule has 2 rings (SSSR count). The molecule has 1 aliphatic rings. The van der Waals surface area contributed by atoms with Crippen LogP contribution < -0.4 is 10.1 Å². The molecular formula is C14H21ClN2O. The van der Waals surface area contributed by atoms with Gasteiger partial charge in [-0.2, -0.15) is 0 Å². The first-order chi connectivity index (χ1) is 8.74. The molecule has 0 amide bonds. The lowest BCUT2D eigenvalue weighted by Crippen LogP contribution is -2.44. The highest BCUT2D eigenvalue weighted by molar-refractivity contribution is 6.30. The second-order valence-electron chi connectivity index (χ2n) is 4.77. The number of nitrogens with one attached hydrogen (secondary N) is 1. The van der Waals surface area contributed by atoms with Crippen LogP contribution in [-0.4, -0.2) is 43.7 Å². The third kappa shape index (κ3) is 4.48. The minimum Gasteiger partial charge on any atom is -0.491 e. The van der Waals surface area contributed by atoms with E-state index >= 15 is 0 Å². The van der Waals surface area contributed by atoms with Crippen molar-refractivity contribution in [3.8, 4) is 5.75 Å². The van der Waals surface area contributed by atoms with Crippen LogP contribution in [0, 0.1) is 0 Å². The summed E-state index contributed by atoms with van der Waals surface area (Å²) in [5.41, 5.74) is 0. The summed E-state index contributed by atoms with van der Waals surface area (Å²) in [6.45, 7) is 7.70. The Bertz CT molecular complexity index is 367. The highest BCUT2D eigenvalue weighted by Crippen LogP contribution is 2.19. The summed E-state index contributed by atoms with van der Waals surface area (Å²) in [4.78, 5) is 2.48. The fourth-order valence-electron chi connectivity index (χ4n) is 2.13. The Hall–Kier alpha value is -0.770. The molecule has 0 aromatic heterocycles. The normalized spacial score (nSPS) is 18.6. The number of rotatable bonds is 5. The van der Waals surface area contributed by atoms with E-state index in [1.54, 1.807) is 0 Å². The first-order valence-electron chi connectivity index (χ1n) is 6.59. The lowest BCUT2D eigenvalue weighted by atomic mass is 10.2. The van der Waals surface area contributed by atoms with Gasteiger partial charge in [-0.05, 0) is 31.5 Å². The van der Waals surface area contributed by atoms with Gasteiger partial charge in [0.25, 0.3) is 0 Å². The van der Waals surface area contributed by atoms with E-state index in [1.807, 2.05) is 24.3 Å². The van der Waals surface area contributed by atoms with Gasteiger partial charge in [-0.15, -0.1) is 0 Å². The Morgan fingerprint density at radius 3 is 2.89 bits per heavy atom. The van der Waals surface area contributed by atoms with Gasteiger partial charge in [0.05, 0.1) is 6.10 Å². The largest absolute Gasteiger partial charge is 0.491 e. The van der Waals surface area contributed by atoms with Crippen molar-refractivity contribution in [3.05, 3.63) is 29.3 Å². The molecule has 4 heteroatoms. The summed E-state index contributed by atoms with van der Waals surface area (Å²) in [5.74, 6) is 0.857. The zero-order valence-corrected chi connectivity index (χ0v) is 11.6. The van der Waals surface area contributed by atoms with E-state index in [2.05, 4.69) is 17.1 Å². The monoisotopic (exact) mass is 268 g/mol. The molecule has 0 spiro atoms. The van der Waals surface area contributed by atoms with Crippen LogP contribution in [0.1, 0.15) is 13.3 Å². The molecular weight excluding hydrogens is 248 g/mol. The molecule has 1 N–H and O–H groups in total. The van der Waals surface area contributed by atoms with Crippen molar-refractivity contribution in [2.24, 2.45) is 0 Å². The summed E-state index contributed by atoms with van der Waals surface area (Å²) in [5, 5.41) is 4.08. The number of nitrogens with zero attached hydrogens (tertiary/aromatic N) is 1. The second-order valence-corrected chi connectivity index (χ2v) is 5.20. The van der Waals surface area contributed by atoms with Crippen molar-refractivity contribution in [2.45, 2.75) is 19.4 Å². The number of benzene rings is 1. The molecule has 1 aromatic rings. The van der Waals surface area contributed by atoms with Gasteiger partial charge in [0.1, 0.15) is 5.75 Å². The molecule has 0 saturated carbocycles. The Labute approximate surface area is 114 Å². The summed E-state index contributed by atoms with van der Waals surface area (Å²) in [6.07, 6.45) is 1.27. The molecule has 3 nitrogen and oxygen atoms in total. The van der Waals surface area contributed by atoms with Crippen molar-refractivity contribution in [3.63, 3.8) is 0 Å². The highest BCUT2D eigenvalue weighted by Gasteiger charge is 2.11. The number of hydrogen-bond acceptors (Lipinski definition) is 3. The maximum absolute atomic E-state index is 5.93. The molecule has 1 aliphatic heterocycles. The van der Waals surface area contributed by atoms with E-state index in [-0.39, 0.29) is 6.10 Å². The predicted octanol–water partition coefficient (Wildman–Crippen LogP) is 2.40. The average Bonchev–Trinajstić information content (AvgIpc) is 2.38. The van der Waals surface area contributed by atoms with Crippen LogP contribution in [-0.2, 0) is 0 Å². The maximum Gasteiger partial charge on any atom is 0.121 e. The van der Waals surface area contributed by atoms with E-state index in [4.69, 9.17) is 16.3 Å². The van der Waals surface area contributed by atoms with Crippen molar-refractivity contribution in [2.75, 3.05) is 32.7 Å². The van der Waals surface area contributed by atoms with Gasteiger partial charge >= 0.3 is 0 Å². The quantitative estimate of drug-likeness (QED) is 0.888. The molecule has 1 heterocycles. The zero-order chi connectivity index (χ0) is 12.8. The molecule has 100 valence electrons. The molecule has 0 radical (unpaired) electrons. The predicted molar refractivity (Wildman–Crippen MR) is 75.5 cm³/mol. The van der Waals surface area contributed by atoms with Crippen LogP contribution in [0.4, 0.5) is 0 Å². The molecule has 1 unspecified atom stereocenters. The number of hydrogen-bond donors (Lipinski definition) is 1. The van der Waals surface area contributed by atoms with Crippen molar-refractivity contribution >= 4 is 11.6 Å². The van der Waals surface area contributed by atoms with Gasteiger partial charge in [-0.1, -0.05) is 17.7 Å². The summed E-state index contributed by atoms with van der Waals surface area (Å²) in [6, 6.07) is 7.59. The minimum absolute atomic E-state index is 0.221. The van der Waals surface area contributed by atoms with E-state index in [9.17, 15) is 0 Å². The van der Waals surface area contributed by atoms with Gasteiger partial charge in [-0.25, -0.2) is 0 Å². The smallest absolute Gasteiger partial charge is 0.121 e. The zero-order valence-electron chi connectivity index (χ0n) is 10.9. The second kappa shape index (κ2) is 6.98. The van der Waals surface area contributed by atoms with E-state index < -0.39 is 0 Å². The third-order valence-corrected chi connectivity index (χ3v) is 3.43. The Kier molecular flexibility index (Phi) is 5.29. The van der Waals surface area contributed by atoms with Crippen molar-refractivity contribution in [1.82, 2.24) is 10.2 Å². The summed E-state index contributed by atoms with van der Waals surface area (Å²) in [7, 11) is 0. The lowest BCUT2D eigenvalue weighted by Gasteiger charge is -2.28. The van der Waals surface area contributed by atoms with E-state index in [1.165, 1.54) is 0 Å². The van der Waals surface area contributed by atoms with Crippen LogP contribution in [0.25, 0.3) is 0 Å².